The second kappa shape index (κ2) is 5.57. The molecular formula is C13H17F3N2O2. The lowest BCUT2D eigenvalue weighted by Gasteiger charge is -2.33. The van der Waals surface area contributed by atoms with Crippen LogP contribution >= 0.6 is 0 Å². The quantitative estimate of drug-likeness (QED) is 0.902. The number of aromatic amines is 1. The highest BCUT2D eigenvalue weighted by molar-refractivity contribution is 5.23. The minimum atomic E-state index is -4.35. The van der Waals surface area contributed by atoms with Gasteiger partial charge in [-0.1, -0.05) is 0 Å². The molecule has 2 rings (SSSR count). The van der Waals surface area contributed by atoms with Crippen molar-refractivity contribution < 1.29 is 17.9 Å². The van der Waals surface area contributed by atoms with Crippen LogP contribution in [0.15, 0.2) is 11.0 Å². The molecule has 0 aliphatic carbocycles. The molecule has 1 saturated heterocycles. The van der Waals surface area contributed by atoms with Crippen LogP contribution in [-0.2, 0) is 11.3 Å². The van der Waals surface area contributed by atoms with E-state index >= 15 is 0 Å². The molecule has 0 saturated carbocycles. The van der Waals surface area contributed by atoms with Crippen molar-refractivity contribution in [3.05, 3.63) is 33.2 Å². The molecule has 0 amide bonds. The lowest BCUT2D eigenvalue weighted by Crippen LogP contribution is -2.48. The Morgan fingerprint density at radius 1 is 1.45 bits per heavy atom. The van der Waals surface area contributed by atoms with Crippen LogP contribution in [0.1, 0.15) is 16.8 Å². The first-order chi connectivity index (χ1) is 9.29. The summed E-state index contributed by atoms with van der Waals surface area (Å²) in [6.07, 6.45) is -4.52. The Labute approximate surface area is 114 Å². The minimum absolute atomic E-state index is 0.0410. The lowest BCUT2D eigenvalue weighted by molar-refractivity contribution is -0.237. The molecular weight excluding hydrogens is 273 g/mol. The third kappa shape index (κ3) is 3.21. The highest BCUT2D eigenvalue weighted by Gasteiger charge is 2.43. The van der Waals surface area contributed by atoms with Crippen molar-refractivity contribution in [1.29, 1.82) is 0 Å². The van der Waals surface area contributed by atoms with E-state index in [0.717, 1.165) is 0 Å². The molecule has 20 heavy (non-hydrogen) atoms. The monoisotopic (exact) mass is 290 g/mol. The average Bonchev–Trinajstić information content (AvgIpc) is 2.39. The predicted molar refractivity (Wildman–Crippen MR) is 67.6 cm³/mol. The first kappa shape index (κ1) is 15.1. The number of alkyl halides is 3. The Balaban J connectivity index is 2.11. The molecule has 1 aromatic heterocycles. The summed E-state index contributed by atoms with van der Waals surface area (Å²) >= 11 is 0. The van der Waals surface area contributed by atoms with Crippen molar-refractivity contribution >= 4 is 0 Å². The number of hydrogen-bond donors (Lipinski definition) is 1. The minimum Gasteiger partial charge on any atom is -0.366 e. The highest BCUT2D eigenvalue weighted by Crippen LogP contribution is 2.26. The standard InChI is InChI=1S/C13H17F3N2O2/c1-8-5-17-10(9(2)12(8)19)6-18-3-4-20-11(7-18)13(14,15)16/h5,11H,3-4,6-7H2,1-2H3,(H,17,19). The summed E-state index contributed by atoms with van der Waals surface area (Å²) in [5.41, 5.74) is 1.74. The first-order valence-electron chi connectivity index (χ1n) is 6.37. The van der Waals surface area contributed by atoms with E-state index in [0.29, 0.717) is 23.4 Å². The Hall–Kier alpha value is -1.34. The molecule has 1 atom stereocenters. The van der Waals surface area contributed by atoms with Gasteiger partial charge in [0.25, 0.3) is 0 Å². The van der Waals surface area contributed by atoms with Gasteiger partial charge < -0.3 is 9.72 Å². The van der Waals surface area contributed by atoms with Crippen molar-refractivity contribution in [1.82, 2.24) is 9.88 Å². The van der Waals surface area contributed by atoms with Crippen molar-refractivity contribution in [2.75, 3.05) is 19.7 Å². The van der Waals surface area contributed by atoms with Crippen molar-refractivity contribution in [3.8, 4) is 0 Å². The summed E-state index contributed by atoms with van der Waals surface area (Å²) < 4.78 is 42.7. The molecule has 0 aromatic carbocycles. The highest BCUT2D eigenvalue weighted by atomic mass is 19.4. The molecule has 0 bridgehead atoms. The van der Waals surface area contributed by atoms with Gasteiger partial charge >= 0.3 is 6.18 Å². The molecule has 2 heterocycles. The Bertz CT molecular complexity index is 539. The fourth-order valence-corrected chi connectivity index (χ4v) is 2.23. The van der Waals surface area contributed by atoms with Gasteiger partial charge in [0.15, 0.2) is 11.5 Å². The van der Waals surface area contributed by atoms with E-state index < -0.39 is 12.3 Å². The van der Waals surface area contributed by atoms with Crippen LogP contribution in [0, 0.1) is 13.8 Å². The van der Waals surface area contributed by atoms with E-state index in [1.165, 1.54) is 0 Å². The molecule has 4 nitrogen and oxygen atoms in total. The zero-order valence-corrected chi connectivity index (χ0v) is 11.4. The molecule has 0 radical (unpaired) electrons. The number of ether oxygens (including phenoxy) is 1. The van der Waals surface area contributed by atoms with Crippen LogP contribution in [0.3, 0.4) is 0 Å². The summed E-state index contributed by atoms with van der Waals surface area (Å²) in [6.45, 7) is 3.92. The summed E-state index contributed by atoms with van der Waals surface area (Å²) in [6, 6.07) is 0. The second-order valence-electron chi connectivity index (χ2n) is 5.04. The van der Waals surface area contributed by atoms with Gasteiger partial charge in [0, 0.05) is 42.7 Å². The number of rotatable bonds is 2. The Kier molecular flexibility index (Phi) is 4.19. The molecule has 1 N–H and O–H groups in total. The summed E-state index contributed by atoms with van der Waals surface area (Å²) in [5.74, 6) is 0. The van der Waals surface area contributed by atoms with Gasteiger partial charge in [-0.2, -0.15) is 13.2 Å². The number of hydrogen-bond acceptors (Lipinski definition) is 3. The molecule has 1 aliphatic heterocycles. The Morgan fingerprint density at radius 2 is 2.15 bits per heavy atom. The van der Waals surface area contributed by atoms with E-state index in [9.17, 15) is 18.0 Å². The van der Waals surface area contributed by atoms with Gasteiger partial charge in [-0.3, -0.25) is 9.69 Å². The normalized spacial score (nSPS) is 21.1. The number of H-pyrrole nitrogens is 1. The van der Waals surface area contributed by atoms with Gasteiger partial charge in [-0.15, -0.1) is 0 Å². The van der Waals surface area contributed by atoms with Crippen LogP contribution in [0.4, 0.5) is 13.2 Å². The molecule has 1 aliphatic rings. The third-order valence-electron chi connectivity index (χ3n) is 3.51. The van der Waals surface area contributed by atoms with E-state index in [2.05, 4.69) is 4.98 Å². The maximum Gasteiger partial charge on any atom is 0.415 e. The fraction of sp³-hybridized carbons (Fsp3) is 0.615. The number of aryl methyl sites for hydroxylation is 1. The van der Waals surface area contributed by atoms with E-state index in [-0.39, 0.29) is 25.1 Å². The van der Waals surface area contributed by atoms with Crippen LogP contribution in [-0.4, -0.2) is 41.9 Å². The Morgan fingerprint density at radius 3 is 2.80 bits per heavy atom. The smallest absolute Gasteiger partial charge is 0.366 e. The maximum absolute atomic E-state index is 12.6. The number of aromatic nitrogens is 1. The van der Waals surface area contributed by atoms with Crippen LogP contribution in [0.2, 0.25) is 0 Å². The third-order valence-corrected chi connectivity index (χ3v) is 3.51. The SMILES string of the molecule is Cc1c[nH]c(CN2CCOC(C(F)(F)F)C2)c(C)c1=O. The molecule has 7 heteroatoms. The molecule has 1 aromatic rings. The van der Waals surface area contributed by atoms with Crippen molar-refractivity contribution in [2.45, 2.75) is 32.7 Å². The summed E-state index contributed by atoms with van der Waals surface area (Å²) in [4.78, 5) is 16.4. The van der Waals surface area contributed by atoms with Crippen LogP contribution < -0.4 is 5.43 Å². The number of morpholine rings is 1. The van der Waals surface area contributed by atoms with Crippen LogP contribution in [0.25, 0.3) is 0 Å². The molecule has 0 spiro atoms. The number of nitrogens with one attached hydrogen (secondary N) is 1. The van der Waals surface area contributed by atoms with Gasteiger partial charge in [-0.25, -0.2) is 0 Å². The van der Waals surface area contributed by atoms with Gasteiger partial charge in [0.1, 0.15) is 0 Å². The molecule has 1 fully saturated rings. The fourth-order valence-electron chi connectivity index (χ4n) is 2.23. The first-order valence-corrected chi connectivity index (χ1v) is 6.37. The number of pyridine rings is 1. The predicted octanol–water partition coefficient (Wildman–Crippen LogP) is 1.75. The van der Waals surface area contributed by atoms with E-state index in [4.69, 9.17) is 4.74 Å². The lowest BCUT2D eigenvalue weighted by atomic mass is 10.1. The average molecular weight is 290 g/mol. The summed E-state index contributed by atoms with van der Waals surface area (Å²) in [5, 5.41) is 0. The van der Waals surface area contributed by atoms with E-state index in [1.54, 1.807) is 24.9 Å². The van der Waals surface area contributed by atoms with Gasteiger partial charge in [0.05, 0.1) is 6.61 Å². The second-order valence-corrected chi connectivity index (χ2v) is 5.04. The zero-order chi connectivity index (χ0) is 14.9. The van der Waals surface area contributed by atoms with Gasteiger partial charge in [-0.05, 0) is 13.8 Å². The van der Waals surface area contributed by atoms with Crippen LogP contribution in [0.5, 0.6) is 0 Å². The van der Waals surface area contributed by atoms with Gasteiger partial charge in [0.2, 0.25) is 0 Å². The van der Waals surface area contributed by atoms with E-state index in [1.807, 2.05) is 0 Å². The largest absolute Gasteiger partial charge is 0.415 e. The topological polar surface area (TPSA) is 45.3 Å². The molecule has 1 unspecified atom stereocenters. The zero-order valence-electron chi connectivity index (χ0n) is 11.4. The van der Waals surface area contributed by atoms with Crippen molar-refractivity contribution in [2.24, 2.45) is 0 Å². The maximum atomic E-state index is 12.6. The molecule has 112 valence electrons. The number of halogens is 3. The number of nitrogens with zero attached hydrogens (tertiary/aromatic N) is 1. The summed E-state index contributed by atoms with van der Waals surface area (Å²) in [7, 11) is 0. The van der Waals surface area contributed by atoms with Crippen molar-refractivity contribution in [3.63, 3.8) is 0 Å².